The lowest BCUT2D eigenvalue weighted by Crippen LogP contribution is -2.29. The SMILES string of the molecule is CN(Cc1cccs1)S(=O)(=O)CCO. The van der Waals surface area contributed by atoms with Crippen molar-refractivity contribution < 1.29 is 13.5 Å². The molecule has 6 heteroatoms. The lowest BCUT2D eigenvalue weighted by Gasteiger charge is -2.15. The second kappa shape index (κ2) is 4.88. The van der Waals surface area contributed by atoms with E-state index in [0.717, 1.165) is 4.88 Å². The van der Waals surface area contributed by atoms with Gasteiger partial charge in [-0.25, -0.2) is 8.42 Å². The maximum Gasteiger partial charge on any atom is 0.216 e. The molecule has 0 bridgehead atoms. The maximum absolute atomic E-state index is 11.4. The van der Waals surface area contributed by atoms with Gasteiger partial charge in [-0.1, -0.05) is 6.07 Å². The summed E-state index contributed by atoms with van der Waals surface area (Å²) in [6.45, 7) is 0.0388. The lowest BCUT2D eigenvalue weighted by molar-refractivity contribution is 0.316. The zero-order valence-electron chi connectivity index (χ0n) is 7.88. The van der Waals surface area contributed by atoms with Crippen molar-refractivity contribution in [1.29, 1.82) is 0 Å². The average Bonchev–Trinajstić information content (AvgIpc) is 2.56. The van der Waals surface area contributed by atoms with Crippen LogP contribution >= 0.6 is 11.3 Å². The van der Waals surface area contributed by atoms with Crippen molar-refractivity contribution in [3.05, 3.63) is 22.4 Å². The number of aliphatic hydroxyl groups is 1. The molecule has 1 rings (SSSR count). The number of hydrogen-bond acceptors (Lipinski definition) is 4. The van der Waals surface area contributed by atoms with Crippen LogP contribution in [0.25, 0.3) is 0 Å². The van der Waals surface area contributed by atoms with Crippen LogP contribution in [0, 0.1) is 0 Å². The van der Waals surface area contributed by atoms with Crippen molar-refractivity contribution in [1.82, 2.24) is 4.31 Å². The van der Waals surface area contributed by atoms with E-state index in [0.29, 0.717) is 6.54 Å². The van der Waals surface area contributed by atoms with Crippen LogP contribution < -0.4 is 0 Å². The molecule has 0 aliphatic heterocycles. The van der Waals surface area contributed by atoms with Gasteiger partial charge in [0, 0.05) is 18.5 Å². The minimum absolute atomic E-state index is 0.213. The lowest BCUT2D eigenvalue weighted by atomic mass is 10.5. The van der Waals surface area contributed by atoms with Gasteiger partial charge >= 0.3 is 0 Å². The molecule has 0 spiro atoms. The van der Waals surface area contributed by atoms with Gasteiger partial charge in [0.25, 0.3) is 0 Å². The number of nitrogens with zero attached hydrogens (tertiary/aromatic N) is 1. The maximum atomic E-state index is 11.4. The first kappa shape index (κ1) is 11.6. The Morgan fingerprint density at radius 3 is 2.79 bits per heavy atom. The van der Waals surface area contributed by atoms with Gasteiger partial charge in [0.05, 0.1) is 12.4 Å². The van der Waals surface area contributed by atoms with Crippen LogP contribution in [0.1, 0.15) is 4.88 Å². The summed E-state index contributed by atoms with van der Waals surface area (Å²) in [5.41, 5.74) is 0. The predicted molar refractivity (Wildman–Crippen MR) is 56.7 cm³/mol. The monoisotopic (exact) mass is 235 g/mol. The summed E-state index contributed by atoms with van der Waals surface area (Å²) in [6, 6.07) is 3.77. The van der Waals surface area contributed by atoms with Crippen molar-refractivity contribution in [2.45, 2.75) is 6.54 Å². The number of aliphatic hydroxyl groups excluding tert-OH is 1. The molecule has 0 aliphatic carbocycles. The molecule has 0 saturated heterocycles. The Hall–Kier alpha value is -0.430. The third kappa shape index (κ3) is 3.06. The highest BCUT2D eigenvalue weighted by molar-refractivity contribution is 7.89. The molecular weight excluding hydrogens is 222 g/mol. The quantitative estimate of drug-likeness (QED) is 0.808. The molecule has 14 heavy (non-hydrogen) atoms. The molecule has 1 aromatic heterocycles. The van der Waals surface area contributed by atoms with Gasteiger partial charge in [-0.05, 0) is 11.4 Å². The fourth-order valence-electron chi connectivity index (χ4n) is 0.992. The minimum Gasteiger partial charge on any atom is -0.395 e. The van der Waals surface area contributed by atoms with Crippen LogP contribution in [-0.2, 0) is 16.6 Å². The van der Waals surface area contributed by atoms with Crippen molar-refractivity contribution in [2.75, 3.05) is 19.4 Å². The van der Waals surface area contributed by atoms with Gasteiger partial charge in [-0.3, -0.25) is 0 Å². The fourth-order valence-corrected chi connectivity index (χ4v) is 2.71. The average molecular weight is 235 g/mol. The topological polar surface area (TPSA) is 57.6 Å². The number of thiophene rings is 1. The normalized spacial score (nSPS) is 12.2. The highest BCUT2D eigenvalue weighted by atomic mass is 32.2. The van der Waals surface area contributed by atoms with Crippen LogP contribution in [0.3, 0.4) is 0 Å². The summed E-state index contributed by atoms with van der Waals surface area (Å²) in [6.07, 6.45) is 0. The molecule has 0 atom stereocenters. The summed E-state index contributed by atoms with van der Waals surface area (Å²) in [4.78, 5) is 0.994. The molecular formula is C8H13NO3S2. The van der Waals surface area contributed by atoms with Crippen LogP contribution in [-0.4, -0.2) is 37.2 Å². The molecule has 0 radical (unpaired) electrons. The third-order valence-corrected chi connectivity index (χ3v) is 4.42. The number of rotatable bonds is 5. The second-order valence-electron chi connectivity index (χ2n) is 2.88. The van der Waals surface area contributed by atoms with Gasteiger partial charge in [-0.2, -0.15) is 4.31 Å². The van der Waals surface area contributed by atoms with E-state index in [1.165, 1.54) is 22.7 Å². The van der Waals surface area contributed by atoms with Gasteiger partial charge in [-0.15, -0.1) is 11.3 Å². The van der Waals surface area contributed by atoms with Gasteiger partial charge in [0.2, 0.25) is 10.0 Å². The summed E-state index contributed by atoms with van der Waals surface area (Å²) in [7, 11) is -1.78. The molecule has 0 unspecified atom stereocenters. The minimum atomic E-state index is -3.30. The van der Waals surface area contributed by atoms with E-state index in [1.807, 2.05) is 17.5 Å². The molecule has 0 aliphatic rings. The summed E-state index contributed by atoms with van der Waals surface area (Å²) in [5, 5.41) is 10.5. The van der Waals surface area contributed by atoms with Crippen molar-refractivity contribution in [3.8, 4) is 0 Å². The van der Waals surface area contributed by atoms with Gasteiger partial charge in [0.1, 0.15) is 0 Å². The standard InChI is InChI=1S/C8H13NO3S2/c1-9(14(11,12)6-4-10)7-8-3-2-5-13-8/h2-3,5,10H,4,6-7H2,1H3. The van der Waals surface area contributed by atoms with Crippen LogP contribution in [0.5, 0.6) is 0 Å². The molecule has 1 aromatic rings. The summed E-state index contributed by atoms with van der Waals surface area (Å²) < 4.78 is 24.1. The molecule has 0 amide bonds. The number of hydrogen-bond donors (Lipinski definition) is 1. The van der Waals surface area contributed by atoms with E-state index in [1.54, 1.807) is 0 Å². The third-order valence-electron chi connectivity index (χ3n) is 1.78. The first-order chi connectivity index (χ1) is 6.56. The Labute approximate surface area is 87.8 Å². The van der Waals surface area contributed by atoms with E-state index >= 15 is 0 Å². The van der Waals surface area contributed by atoms with E-state index in [-0.39, 0.29) is 12.4 Å². The van der Waals surface area contributed by atoms with E-state index in [4.69, 9.17) is 5.11 Å². The van der Waals surface area contributed by atoms with Crippen LogP contribution in [0.15, 0.2) is 17.5 Å². The largest absolute Gasteiger partial charge is 0.395 e. The Kier molecular flexibility index (Phi) is 4.06. The second-order valence-corrected chi connectivity index (χ2v) is 6.10. The zero-order valence-corrected chi connectivity index (χ0v) is 9.51. The van der Waals surface area contributed by atoms with Crippen molar-refractivity contribution >= 4 is 21.4 Å². The zero-order chi connectivity index (χ0) is 10.6. The Morgan fingerprint density at radius 1 is 1.57 bits per heavy atom. The first-order valence-corrected chi connectivity index (χ1v) is 6.62. The molecule has 1 heterocycles. The van der Waals surface area contributed by atoms with E-state index in [9.17, 15) is 8.42 Å². The Bertz CT molecular complexity index is 358. The van der Waals surface area contributed by atoms with Crippen molar-refractivity contribution in [3.63, 3.8) is 0 Å². The first-order valence-electron chi connectivity index (χ1n) is 4.13. The fraction of sp³-hybridized carbons (Fsp3) is 0.500. The molecule has 4 nitrogen and oxygen atoms in total. The van der Waals surface area contributed by atoms with Gasteiger partial charge in [0.15, 0.2) is 0 Å². The van der Waals surface area contributed by atoms with Gasteiger partial charge < -0.3 is 5.11 Å². The molecule has 0 saturated carbocycles. The summed E-state index contributed by atoms with van der Waals surface area (Å²) >= 11 is 1.52. The molecule has 1 N–H and O–H groups in total. The smallest absolute Gasteiger partial charge is 0.216 e. The highest BCUT2D eigenvalue weighted by Crippen LogP contribution is 2.12. The molecule has 0 aromatic carbocycles. The Morgan fingerprint density at radius 2 is 2.29 bits per heavy atom. The number of sulfonamides is 1. The van der Waals surface area contributed by atoms with Crippen LogP contribution in [0.2, 0.25) is 0 Å². The molecule has 80 valence electrons. The molecule has 0 fully saturated rings. The van der Waals surface area contributed by atoms with E-state index in [2.05, 4.69) is 0 Å². The predicted octanol–water partition coefficient (Wildman–Crippen LogP) is 0.502. The van der Waals surface area contributed by atoms with E-state index < -0.39 is 10.0 Å². The highest BCUT2D eigenvalue weighted by Gasteiger charge is 2.17. The Balaban J connectivity index is 2.62. The summed E-state index contributed by atoms with van der Waals surface area (Å²) in [5.74, 6) is -0.213. The van der Waals surface area contributed by atoms with Crippen molar-refractivity contribution in [2.24, 2.45) is 0 Å². The van der Waals surface area contributed by atoms with Crippen LogP contribution in [0.4, 0.5) is 0 Å².